The molecule has 0 saturated heterocycles. The molecule has 7 heteroatoms. The number of hydrogen-bond donors (Lipinski definition) is 3. The quantitative estimate of drug-likeness (QED) is 0.365. The first-order valence-electron chi connectivity index (χ1n) is 11.5. The number of carbonyl (C=O) groups excluding carboxylic acids is 2. The molecule has 0 aromatic heterocycles. The molecule has 2 amide bonds. The van der Waals surface area contributed by atoms with Gasteiger partial charge in [0.15, 0.2) is 6.17 Å². The molecule has 0 spiro atoms. The fourth-order valence-corrected chi connectivity index (χ4v) is 4.79. The summed E-state index contributed by atoms with van der Waals surface area (Å²) in [4.78, 5) is 26.6. The third kappa shape index (κ3) is 4.33. The number of nitrogens with one attached hydrogen (secondary N) is 3. The number of halogens is 1. The van der Waals surface area contributed by atoms with Gasteiger partial charge in [-0.2, -0.15) is 0 Å². The molecule has 4 aromatic rings. The largest absolute Gasteiger partial charge is 0.497 e. The summed E-state index contributed by atoms with van der Waals surface area (Å²) < 4.78 is 5.18. The highest BCUT2D eigenvalue weighted by molar-refractivity contribution is 6.30. The van der Waals surface area contributed by atoms with Gasteiger partial charge < -0.3 is 15.4 Å². The van der Waals surface area contributed by atoms with Crippen LogP contribution in [-0.2, 0) is 10.3 Å². The van der Waals surface area contributed by atoms with Gasteiger partial charge in [-0.25, -0.2) is 0 Å². The fourth-order valence-electron chi connectivity index (χ4n) is 4.60. The number of methoxy groups -OCH3 is 1. The van der Waals surface area contributed by atoms with Crippen LogP contribution in [0.2, 0.25) is 5.02 Å². The lowest BCUT2D eigenvalue weighted by atomic mass is 9.76. The summed E-state index contributed by atoms with van der Waals surface area (Å²) in [7, 11) is 1.56. The average Bonchev–Trinajstić information content (AvgIpc) is 3.04. The molecule has 0 radical (unpaired) electrons. The lowest BCUT2D eigenvalue weighted by Gasteiger charge is -2.38. The van der Waals surface area contributed by atoms with Crippen LogP contribution in [0.4, 0.5) is 5.69 Å². The minimum absolute atomic E-state index is 0.385. The molecule has 1 aliphatic rings. The maximum absolute atomic E-state index is 13.4. The second kappa shape index (κ2) is 9.85. The summed E-state index contributed by atoms with van der Waals surface area (Å²) >= 11 is 6.45. The van der Waals surface area contributed by atoms with Crippen LogP contribution in [0.15, 0.2) is 103 Å². The van der Waals surface area contributed by atoms with Crippen molar-refractivity contribution < 1.29 is 14.3 Å². The molecule has 1 heterocycles. The van der Waals surface area contributed by atoms with E-state index in [0.717, 1.165) is 16.7 Å². The van der Waals surface area contributed by atoms with Crippen LogP contribution in [0.3, 0.4) is 0 Å². The smallest absolute Gasteiger partial charge is 0.262 e. The van der Waals surface area contributed by atoms with Crippen molar-refractivity contribution in [1.82, 2.24) is 10.6 Å². The van der Waals surface area contributed by atoms with Gasteiger partial charge in [-0.1, -0.05) is 72.3 Å². The van der Waals surface area contributed by atoms with Crippen LogP contribution < -0.4 is 20.7 Å². The Morgan fingerprint density at radius 2 is 1.58 bits per heavy atom. The maximum Gasteiger partial charge on any atom is 0.262 e. The van der Waals surface area contributed by atoms with Gasteiger partial charge in [0.25, 0.3) is 11.8 Å². The minimum Gasteiger partial charge on any atom is -0.497 e. The number of anilines is 1. The fraction of sp³-hybridized carbons (Fsp3) is 0.103. The zero-order valence-corrected chi connectivity index (χ0v) is 20.3. The number of hydrogen-bond acceptors (Lipinski definition) is 4. The zero-order chi connectivity index (χ0) is 25.1. The predicted octanol–water partition coefficient (Wildman–Crippen LogP) is 4.94. The lowest BCUT2D eigenvalue weighted by Crippen LogP contribution is -2.59. The van der Waals surface area contributed by atoms with E-state index in [2.05, 4.69) is 16.0 Å². The molecule has 36 heavy (non-hydrogen) atoms. The Bertz CT molecular complexity index is 1410. The molecule has 1 aliphatic heterocycles. The molecule has 2 atom stereocenters. The number of rotatable bonds is 5. The van der Waals surface area contributed by atoms with Crippen molar-refractivity contribution in [3.05, 3.63) is 130 Å². The first kappa shape index (κ1) is 23.6. The van der Waals surface area contributed by atoms with Crippen LogP contribution in [0, 0.1) is 0 Å². The number of carbonyl (C=O) groups is 2. The lowest BCUT2D eigenvalue weighted by molar-refractivity contribution is -0.118. The van der Waals surface area contributed by atoms with E-state index < -0.39 is 17.6 Å². The second-order valence-electron chi connectivity index (χ2n) is 8.44. The normalized spacial score (nSPS) is 18.9. The van der Waals surface area contributed by atoms with E-state index in [0.29, 0.717) is 22.0 Å². The van der Waals surface area contributed by atoms with Crippen molar-refractivity contribution in [3.63, 3.8) is 0 Å². The van der Waals surface area contributed by atoms with Crippen LogP contribution >= 0.6 is 11.6 Å². The Balaban J connectivity index is 1.65. The highest BCUT2D eigenvalue weighted by atomic mass is 35.5. The van der Waals surface area contributed by atoms with Crippen molar-refractivity contribution >= 4 is 29.1 Å². The Hall–Kier alpha value is -4.13. The molecule has 180 valence electrons. The van der Waals surface area contributed by atoms with E-state index in [1.165, 1.54) is 0 Å². The Morgan fingerprint density at radius 3 is 2.31 bits per heavy atom. The molecule has 0 aliphatic carbocycles. The minimum atomic E-state index is -1.06. The monoisotopic (exact) mass is 497 g/mol. The van der Waals surface area contributed by atoms with Gasteiger partial charge in [0.1, 0.15) is 5.75 Å². The van der Waals surface area contributed by atoms with Crippen molar-refractivity contribution in [2.24, 2.45) is 0 Å². The molecular weight excluding hydrogens is 474 g/mol. The van der Waals surface area contributed by atoms with E-state index in [1.807, 2.05) is 72.8 Å². The number of benzene rings is 4. The van der Waals surface area contributed by atoms with E-state index in [1.54, 1.807) is 37.4 Å². The van der Waals surface area contributed by atoms with Crippen molar-refractivity contribution in [1.29, 1.82) is 0 Å². The van der Waals surface area contributed by atoms with E-state index in [-0.39, 0.29) is 5.91 Å². The van der Waals surface area contributed by atoms with E-state index in [4.69, 9.17) is 16.3 Å². The van der Waals surface area contributed by atoms with Crippen molar-refractivity contribution in [3.8, 4) is 5.75 Å². The molecule has 5 rings (SSSR count). The Morgan fingerprint density at radius 1 is 0.889 bits per heavy atom. The van der Waals surface area contributed by atoms with Crippen LogP contribution in [0.1, 0.15) is 27.0 Å². The van der Waals surface area contributed by atoms with Gasteiger partial charge >= 0.3 is 0 Å². The Kier molecular flexibility index (Phi) is 6.46. The van der Waals surface area contributed by atoms with Crippen molar-refractivity contribution in [2.75, 3.05) is 12.4 Å². The molecular formula is C29H24ClN3O3. The van der Waals surface area contributed by atoms with Crippen LogP contribution in [0.5, 0.6) is 5.75 Å². The zero-order valence-electron chi connectivity index (χ0n) is 19.5. The number of para-hydroxylation sites is 1. The molecule has 6 nitrogen and oxygen atoms in total. The van der Waals surface area contributed by atoms with E-state index in [9.17, 15) is 9.59 Å². The Labute approximate surface area is 214 Å². The second-order valence-corrected chi connectivity index (χ2v) is 8.88. The molecule has 0 bridgehead atoms. The SMILES string of the molecule is COc1ccc(C(=O)NC2NC(c3ccccc3)(c3cccc(Cl)c3)c3ccccc3NC2=O)cc1. The van der Waals surface area contributed by atoms with Crippen molar-refractivity contribution in [2.45, 2.75) is 11.7 Å². The van der Waals surface area contributed by atoms with Gasteiger partial charge in [0.05, 0.1) is 12.6 Å². The maximum atomic E-state index is 13.4. The van der Waals surface area contributed by atoms with Crippen LogP contribution in [0.25, 0.3) is 0 Å². The first-order valence-corrected chi connectivity index (χ1v) is 11.8. The first-order chi connectivity index (χ1) is 17.5. The third-order valence-corrected chi connectivity index (χ3v) is 6.54. The van der Waals surface area contributed by atoms with Gasteiger partial charge in [-0.15, -0.1) is 0 Å². The van der Waals surface area contributed by atoms with Gasteiger partial charge in [-0.05, 0) is 53.6 Å². The molecule has 4 aromatic carbocycles. The van der Waals surface area contributed by atoms with E-state index >= 15 is 0 Å². The summed E-state index contributed by atoms with van der Waals surface area (Å²) in [6.07, 6.45) is -1.06. The number of ether oxygens (including phenoxy) is 1. The molecule has 2 unspecified atom stereocenters. The third-order valence-electron chi connectivity index (χ3n) is 6.30. The summed E-state index contributed by atoms with van der Waals surface area (Å²) in [5.74, 6) is -0.148. The number of amides is 2. The number of fused-ring (bicyclic) bond motifs is 1. The molecule has 0 saturated carbocycles. The summed E-state index contributed by atoms with van der Waals surface area (Å²) in [5, 5.41) is 9.91. The standard InChI is InChI=1S/C29H24ClN3O3/c1-36-23-16-14-19(15-17-23)27(34)32-26-28(35)31-25-13-6-5-12-24(25)29(33-26,20-8-3-2-4-9-20)21-10-7-11-22(30)18-21/h2-18,26,33H,1H3,(H,31,35)(H,32,34). The van der Waals surface area contributed by atoms with Gasteiger partial charge in [0, 0.05) is 21.8 Å². The molecule has 3 N–H and O–H groups in total. The highest BCUT2D eigenvalue weighted by Gasteiger charge is 2.44. The van der Waals surface area contributed by atoms with Crippen LogP contribution in [-0.4, -0.2) is 25.1 Å². The highest BCUT2D eigenvalue weighted by Crippen LogP contribution is 2.42. The summed E-state index contributed by atoms with van der Waals surface area (Å²) in [6.45, 7) is 0. The topological polar surface area (TPSA) is 79.5 Å². The summed E-state index contributed by atoms with van der Waals surface area (Å²) in [5.41, 5.74) is 2.58. The average molecular weight is 498 g/mol. The van der Waals surface area contributed by atoms with Gasteiger partial charge in [0.2, 0.25) is 0 Å². The molecule has 0 fully saturated rings. The van der Waals surface area contributed by atoms with Gasteiger partial charge in [-0.3, -0.25) is 14.9 Å². The predicted molar refractivity (Wildman–Crippen MR) is 140 cm³/mol. The summed E-state index contributed by atoms with van der Waals surface area (Å²) in [6, 6.07) is 31.6.